The highest BCUT2D eigenvalue weighted by Crippen LogP contribution is 2.21. The SMILES string of the molecule is Cc1nn(-c2ccccc2)c2c1c(=O)[nH]c1nc(-c3ccccc3)nn12. The van der Waals surface area contributed by atoms with Gasteiger partial charge >= 0.3 is 0 Å². The highest BCUT2D eigenvalue weighted by atomic mass is 16.1. The zero-order valence-electron chi connectivity index (χ0n) is 13.9. The summed E-state index contributed by atoms with van der Waals surface area (Å²) in [7, 11) is 0. The van der Waals surface area contributed by atoms with Crippen molar-refractivity contribution in [2.24, 2.45) is 0 Å². The third-order valence-electron chi connectivity index (χ3n) is 4.33. The van der Waals surface area contributed by atoms with E-state index in [1.165, 1.54) is 0 Å². The van der Waals surface area contributed by atoms with Gasteiger partial charge in [0.1, 0.15) is 5.39 Å². The molecule has 3 heterocycles. The Balaban J connectivity index is 1.89. The highest BCUT2D eigenvalue weighted by Gasteiger charge is 2.19. The van der Waals surface area contributed by atoms with Gasteiger partial charge < -0.3 is 0 Å². The number of para-hydroxylation sites is 1. The van der Waals surface area contributed by atoms with Crippen LogP contribution in [-0.4, -0.2) is 29.4 Å². The first-order valence-electron chi connectivity index (χ1n) is 8.21. The Morgan fingerprint density at radius 1 is 0.923 bits per heavy atom. The highest BCUT2D eigenvalue weighted by molar-refractivity contribution is 5.81. The Morgan fingerprint density at radius 3 is 2.35 bits per heavy atom. The van der Waals surface area contributed by atoms with Crippen LogP contribution in [-0.2, 0) is 0 Å². The molecule has 0 amide bonds. The summed E-state index contributed by atoms with van der Waals surface area (Å²) in [6, 6.07) is 19.3. The molecule has 2 aromatic carbocycles. The van der Waals surface area contributed by atoms with E-state index >= 15 is 0 Å². The maximum Gasteiger partial charge on any atom is 0.263 e. The van der Waals surface area contributed by atoms with Gasteiger partial charge in [-0.05, 0) is 19.1 Å². The number of aromatic nitrogens is 6. The number of rotatable bonds is 2. The second-order valence-electron chi connectivity index (χ2n) is 6.02. The Morgan fingerprint density at radius 2 is 1.62 bits per heavy atom. The molecule has 5 rings (SSSR count). The standard InChI is InChI=1S/C19H14N6O/c1-12-15-17(26)21-19-20-16(13-8-4-2-5-9-13)23-25(19)18(15)24(22-12)14-10-6-3-7-11-14/h2-11H,1H3,(H,20,21,23,26). The lowest BCUT2D eigenvalue weighted by atomic mass is 10.2. The Bertz CT molecular complexity index is 1300. The summed E-state index contributed by atoms with van der Waals surface area (Å²) in [5, 5.41) is 9.69. The quantitative estimate of drug-likeness (QED) is 0.535. The van der Waals surface area contributed by atoms with Gasteiger partial charge in [-0.15, -0.1) is 5.10 Å². The molecule has 0 aliphatic carbocycles. The lowest BCUT2D eigenvalue weighted by Crippen LogP contribution is -2.11. The average Bonchev–Trinajstić information content (AvgIpc) is 3.25. The monoisotopic (exact) mass is 342 g/mol. The van der Waals surface area contributed by atoms with Crippen LogP contribution in [0.4, 0.5) is 0 Å². The normalized spacial score (nSPS) is 11.4. The molecule has 0 fully saturated rings. The first-order valence-corrected chi connectivity index (χ1v) is 8.21. The predicted molar refractivity (Wildman–Crippen MR) is 98.4 cm³/mol. The van der Waals surface area contributed by atoms with Gasteiger partial charge in [-0.2, -0.15) is 14.6 Å². The molecule has 0 aliphatic rings. The molecular weight excluding hydrogens is 328 g/mol. The van der Waals surface area contributed by atoms with E-state index in [2.05, 4.69) is 20.2 Å². The molecule has 0 atom stereocenters. The second-order valence-corrected chi connectivity index (χ2v) is 6.02. The number of fused-ring (bicyclic) bond motifs is 3. The summed E-state index contributed by atoms with van der Waals surface area (Å²) in [5.74, 6) is 0.936. The molecule has 7 nitrogen and oxygen atoms in total. The first kappa shape index (κ1) is 14.6. The Hall–Kier alpha value is -3.74. The zero-order chi connectivity index (χ0) is 17.7. The van der Waals surface area contributed by atoms with Crippen molar-refractivity contribution in [3.05, 3.63) is 76.7 Å². The molecule has 0 unspecified atom stereocenters. The van der Waals surface area contributed by atoms with E-state index < -0.39 is 0 Å². The Labute approximate surface area is 147 Å². The smallest absolute Gasteiger partial charge is 0.263 e. The fourth-order valence-electron chi connectivity index (χ4n) is 3.14. The minimum atomic E-state index is -0.223. The summed E-state index contributed by atoms with van der Waals surface area (Å²) in [4.78, 5) is 19.9. The fourth-order valence-corrected chi connectivity index (χ4v) is 3.14. The summed E-state index contributed by atoms with van der Waals surface area (Å²) in [5.41, 5.74) is 2.76. The summed E-state index contributed by atoms with van der Waals surface area (Å²) in [6.07, 6.45) is 0. The number of hydrogen-bond donors (Lipinski definition) is 1. The van der Waals surface area contributed by atoms with Crippen molar-refractivity contribution in [3.8, 4) is 17.1 Å². The van der Waals surface area contributed by atoms with E-state index in [0.29, 0.717) is 28.3 Å². The minimum Gasteiger partial charge on any atom is -0.290 e. The first-order chi connectivity index (χ1) is 12.7. The van der Waals surface area contributed by atoms with E-state index in [-0.39, 0.29) is 5.56 Å². The van der Waals surface area contributed by atoms with Crippen LogP contribution >= 0.6 is 0 Å². The summed E-state index contributed by atoms with van der Waals surface area (Å²) >= 11 is 0. The van der Waals surface area contributed by atoms with Gasteiger partial charge in [0.15, 0.2) is 11.5 Å². The van der Waals surface area contributed by atoms with E-state index in [9.17, 15) is 4.79 Å². The van der Waals surface area contributed by atoms with E-state index in [1.807, 2.05) is 67.6 Å². The third kappa shape index (κ3) is 2.07. The minimum absolute atomic E-state index is 0.223. The van der Waals surface area contributed by atoms with Crippen LogP contribution in [0.2, 0.25) is 0 Å². The Kier molecular flexibility index (Phi) is 3.02. The van der Waals surface area contributed by atoms with Crippen molar-refractivity contribution in [1.29, 1.82) is 0 Å². The number of nitrogens with one attached hydrogen (secondary N) is 1. The van der Waals surface area contributed by atoms with Gasteiger partial charge in [-0.3, -0.25) is 9.78 Å². The molecule has 1 N–H and O–H groups in total. The molecule has 0 aliphatic heterocycles. The van der Waals surface area contributed by atoms with Crippen molar-refractivity contribution < 1.29 is 0 Å². The number of aryl methyl sites for hydroxylation is 1. The van der Waals surface area contributed by atoms with Gasteiger partial charge in [-0.25, -0.2) is 4.68 Å². The molecule has 0 saturated carbocycles. The predicted octanol–water partition coefficient (Wildman–Crippen LogP) is 2.73. The van der Waals surface area contributed by atoms with Crippen LogP contribution < -0.4 is 5.56 Å². The van der Waals surface area contributed by atoms with Gasteiger partial charge in [0.2, 0.25) is 5.78 Å². The molecule has 5 aromatic rings. The fraction of sp³-hybridized carbons (Fsp3) is 0.0526. The van der Waals surface area contributed by atoms with Crippen LogP contribution in [0.25, 0.3) is 33.9 Å². The van der Waals surface area contributed by atoms with Gasteiger partial charge in [0.25, 0.3) is 5.56 Å². The number of H-pyrrole nitrogens is 1. The number of benzene rings is 2. The molecule has 126 valence electrons. The lowest BCUT2D eigenvalue weighted by molar-refractivity contribution is 0.845. The third-order valence-corrected chi connectivity index (χ3v) is 4.33. The molecular formula is C19H14N6O. The lowest BCUT2D eigenvalue weighted by Gasteiger charge is -2.03. The number of aromatic amines is 1. The molecule has 0 bridgehead atoms. The van der Waals surface area contributed by atoms with Crippen LogP contribution in [0, 0.1) is 6.92 Å². The maximum atomic E-state index is 12.6. The molecule has 0 spiro atoms. The van der Waals surface area contributed by atoms with Gasteiger partial charge in [0, 0.05) is 5.56 Å². The average molecular weight is 342 g/mol. The maximum absolute atomic E-state index is 12.6. The van der Waals surface area contributed by atoms with Crippen molar-refractivity contribution in [2.45, 2.75) is 6.92 Å². The largest absolute Gasteiger partial charge is 0.290 e. The molecule has 3 aromatic heterocycles. The van der Waals surface area contributed by atoms with Gasteiger partial charge in [0.05, 0.1) is 11.4 Å². The van der Waals surface area contributed by atoms with E-state index in [4.69, 9.17) is 0 Å². The van der Waals surface area contributed by atoms with Crippen LogP contribution in [0.15, 0.2) is 65.5 Å². The van der Waals surface area contributed by atoms with Crippen molar-refractivity contribution in [1.82, 2.24) is 29.4 Å². The zero-order valence-corrected chi connectivity index (χ0v) is 13.9. The summed E-state index contributed by atoms with van der Waals surface area (Å²) < 4.78 is 3.38. The van der Waals surface area contributed by atoms with Crippen molar-refractivity contribution in [3.63, 3.8) is 0 Å². The molecule has 26 heavy (non-hydrogen) atoms. The number of nitrogens with zero attached hydrogens (tertiary/aromatic N) is 5. The van der Waals surface area contributed by atoms with Crippen LogP contribution in [0.1, 0.15) is 5.69 Å². The van der Waals surface area contributed by atoms with Crippen molar-refractivity contribution in [2.75, 3.05) is 0 Å². The topological polar surface area (TPSA) is 80.9 Å². The summed E-state index contributed by atoms with van der Waals surface area (Å²) in [6.45, 7) is 1.82. The van der Waals surface area contributed by atoms with Crippen molar-refractivity contribution >= 4 is 16.8 Å². The molecule has 7 heteroatoms. The van der Waals surface area contributed by atoms with Crippen LogP contribution in [0.3, 0.4) is 0 Å². The van der Waals surface area contributed by atoms with Gasteiger partial charge in [-0.1, -0.05) is 48.5 Å². The van der Waals surface area contributed by atoms with E-state index in [0.717, 1.165) is 11.3 Å². The second kappa shape index (κ2) is 5.38. The van der Waals surface area contributed by atoms with Crippen LogP contribution in [0.5, 0.6) is 0 Å². The number of hydrogen-bond acceptors (Lipinski definition) is 4. The van der Waals surface area contributed by atoms with E-state index in [1.54, 1.807) is 9.20 Å². The molecule has 0 radical (unpaired) electrons. The molecule has 0 saturated heterocycles.